The van der Waals surface area contributed by atoms with Gasteiger partial charge < -0.3 is 9.47 Å². The topological polar surface area (TPSA) is 54.9 Å². The van der Waals surface area contributed by atoms with Crippen molar-refractivity contribution in [3.63, 3.8) is 0 Å². The Balaban J connectivity index is 1.73. The lowest BCUT2D eigenvalue weighted by Crippen LogP contribution is -2.43. The number of carbonyl (C=O) groups is 1. The van der Waals surface area contributed by atoms with Gasteiger partial charge in [-0.15, -0.1) is 0 Å². The third-order valence-electron chi connectivity index (χ3n) is 4.58. The number of amides is 2. The molecule has 154 valence electrons. The molecule has 2 amide bonds. The third kappa shape index (κ3) is 3.63. The van der Waals surface area contributed by atoms with Gasteiger partial charge in [-0.25, -0.2) is 22.9 Å². The van der Waals surface area contributed by atoms with Crippen LogP contribution in [0.5, 0.6) is 11.6 Å². The van der Waals surface area contributed by atoms with Crippen LogP contribution in [0.15, 0.2) is 59.6 Å². The van der Waals surface area contributed by atoms with Crippen LogP contribution in [0.4, 0.5) is 25.0 Å². The number of pyridine rings is 1. The summed E-state index contributed by atoms with van der Waals surface area (Å²) in [6.45, 7) is -0.280. The maximum atomic E-state index is 14.6. The average molecular weight is 429 g/mol. The number of hydrogen-bond acceptors (Lipinski definition) is 5. The van der Waals surface area contributed by atoms with E-state index in [9.17, 15) is 13.6 Å². The van der Waals surface area contributed by atoms with Crippen molar-refractivity contribution in [3.05, 3.63) is 71.9 Å². The lowest BCUT2D eigenvalue weighted by Gasteiger charge is -2.35. The van der Waals surface area contributed by atoms with E-state index in [1.165, 1.54) is 41.6 Å². The number of methoxy groups -OCH3 is 2. The Hall–Kier alpha value is -3.33. The molecule has 0 atom stereocenters. The molecule has 0 radical (unpaired) electrons. The van der Waals surface area contributed by atoms with Gasteiger partial charge in [-0.1, -0.05) is 12.1 Å². The monoisotopic (exact) mass is 429 g/mol. The predicted molar refractivity (Wildman–Crippen MR) is 110 cm³/mol. The van der Waals surface area contributed by atoms with Gasteiger partial charge in [0.25, 0.3) is 0 Å². The van der Waals surface area contributed by atoms with Crippen molar-refractivity contribution in [2.24, 2.45) is 0 Å². The highest BCUT2D eigenvalue weighted by atomic mass is 32.2. The minimum Gasteiger partial charge on any atom is -0.497 e. The second kappa shape index (κ2) is 8.19. The number of para-hydroxylation sites is 1. The molecule has 0 unspecified atom stereocenters. The molecular weight excluding hydrogens is 412 g/mol. The summed E-state index contributed by atoms with van der Waals surface area (Å²) in [6, 6.07) is 12.3. The summed E-state index contributed by atoms with van der Waals surface area (Å²) in [4.78, 5) is 19.5. The lowest BCUT2D eigenvalue weighted by atomic mass is 10.1. The van der Waals surface area contributed by atoms with Gasteiger partial charge in [0.1, 0.15) is 17.4 Å². The van der Waals surface area contributed by atoms with Crippen molar-refractivity contribution < 1.29 is 23.0 Å². The van der Waals surface area contributed by atoms with E-state index >= 15 is 0 Å². The zero-order valence-corrected chi connectivity index (χ0v) is 17.0. The third-order valence-corrected chi connectivity index (χ3v) is 5.67. The zero-order chi connectivity index (χ0) is 21.3. The van der Waals surface area contributed by atoms with E-state index < -0.39 is 17.7 Å². The largest absolute Gasteiger partial charge is 0.497 e. The Morgan fingerprint density at radius 3 is 2.40 bits per heavy atom. The highest BCUT2D eigenvalue weighted by Crippen LogP contribution is 2.42. The highest BCUT2D eigenvalue weighted by molar-refractivity contribution is 8.01. The van der Waals surface area contributed by atoms with Crippen LogP contribution in [0, 0.1) is 11.6 Å². The molecule has 0 spiro atoms. The Morgan fingerprint density at radius 2 is 1.77 bits per heavy atom. The minimum absolute atomic E-state index is 0.0700. The number of ether oxygens (including phenoxy) is 2. The van der Waals surface area contributed by atoms with Crippen molar-refractivity contribution in [2.75, 3.05) is 23.4 Å². The zero-order valence-electron chi connectivity index (χ0n) is 16.1. The molecule has 0 bridgehead atoms. The van der Waals surface area contributed by atoms with Crippen LogP contribution >= 0.6 is 11.9 Å². The summed E-state index contributed by atoms with van der Waals surface area (Å²) >= 11 is 1.21. The fourth-order valence-corrected chi connectivity index (χ4v) is 4.04. The van der Waals surface area contributed by atoms with Crippen LogP contribution in [0.3, 0.4) is 0 Å². The lowest BCUT2D eigenvalue weighted by molar-refractivity contribution is 0.254. The van der Waals surface area contributed by atoms with E-state index in [1.54, 1.807) is 24.3 Å². The van der Waals surface area contributed by atoms with Crippen molar-refractivity contribution in [2.45, 2.75) is 11.4 Å². The summed E-state index contributed by atoms with van der Waals surface area (Å²) in [7, 11) is 2.83. The first-order valence-corrected chi connectivity index (χ1v) is 9.69. The molecule has 0 aliphatic carbocycles. The first kappa shape index (κ1) is 20.0. The van der Waals surface area contributed by atoms with Crippen molar-refractivity contribution >= 4 is 29.4 Å². The number of urea groups is 1. The summed E-state index contributed by atoms with van der Waals surface area (Å²) in [5.74, 6) is -1.09. The van der Waals surface area contributed by atoms with Gasteiger partial charge in [0.2, 0.25) is 5.88 Å². The van der Waals surface area contributed by atoms with Crippen LogP contribution in [-0.4, -0.2) is 25.2 Å². The number of nitrogens with zero attached hydrogens (tertiary/aromatic N) is 3. The van der Waals surface area contributed by atoms with E-state index in [1.807, 2.05) is 12.1 Å². The standard InChI is InChI=1S/C21H17F2N3O3S/c1-28-14-9-16(22)15(17(23)10-14)12-25-18-5-3-4-6-19(18)30-26(21(25)27)13-7-8-20(29-2)24-11-13/h3-11H,12H2,1-2H3. The van der Waals surface area contributed by atoms with Crippen molar-refractivity contribution in [1.82, 2.24) is 4.98 Å². The van der Waals surface area contributed by atoms with E-state index in [4.69, 9.17) is 9.47 Å². The molecule has 30 heavy (non-hydrogen) atoms. The first-order valence-electron chi connectivity index (χ1n) is 8.92. The van der Waals surface area contributed by atoms with Gasteiger partial charge in [-0.3, -0.25) is 4.90 Å². The molecule has 3 aromatic rings. The molecule has 0 N–H and O–H groups in total. The molecular formula is C21H17F2N3O3S. The molecule has 0 saturated heterocycles. The highest BCUT2D eigenvalue weighted by Gasteiger charge is 2.33. The molecule has 4 rings (SSSR count). The fraction of sp³-hybridized carbons (Fsp3) is 0.143. The van der Waals surface area contributed by atoms with Gasteiger partial charge in [-0.05, 0) is 30.1 Å². The Kier molecular flexibility index (Phi) is 5.45. The van der Waals surface area contributed by atoms with E-state index in [2.05, 4.69) is 4.98 Å². The molecule has 1 aliphatic heterocycles. The molecule has 1 aromatic heterocycles. The normalized spacial score (nSPS) is 13.3. The number of rotatable bonds is 5. The number of fused-ring (bicyclic) bond motifs is 1. The van der Waals surface area contributed by atoms with Crippen LogP contribution in [0.2, 0.25) is 0 Å². The number of carbonyl (C=O) groups excluding carboxylic acids is 1. The maximum absolute atomic E-state index is 14.6. The van der Waals surface area contributed by atoms with Crippen LogP contribution < -0.4 is 18.7 Å². The smallest absolute Gasteiger partial charge is 0.339 e. The fourth-order valence-electron chi connectivity index (χ4n) is 3.04. The predicted octanol–water partition coefficient (Wildman–Crippen LogP) is 5.03. The summed E-state index contributed by atoms with van der Waals surface area (Å²) < 4.78 is 40.5. The maximum Gasteiger partial charge on any atom is 0.339 e. The van der Waals surface area contributed by atoms with Gasteiger partial charge in [0.15, 0.2) is 0 Å². The molecule has 9 heteroatoms. The summed E-state index contributed by atoms with van der Waals surface area (Å²) in [5, 5.41) is 0. The second-order valence-electron chi connectivity index (χ2n) is 6.35. The number of halogens is 2. The Labute approximate surface area is 176 Å². The summed E-state index contributed by atoms with van der Waals surface area (Å²) in [5.41, 5.74) is 0.861. The van der Waals surface area contributed by atoms with Gasteiger partial charge >= 0.3 is 6.03 Å². The number of aromatic nitrogens is 1. The molecule has 2 heterocycles. The van der Waals surface area contributed by atoms with Gasteiger partial charge in [-0.2, -0.15) is 0 Å². The van der Waals surface area contributed by atoms with Crippen LogP contribution in [0.1, 0.15) is 5.56 Å². The Bertz CT molecular complexity index is 1070. The molecule has 0 saturated carbocycles. The minimum atomic E-state index is -0.784. The number of anilines is 2. The van der Waals surface area contributed by atoms with Crippen molar-refractivity contribution in [3.8, 4) is 11.6 Å². The quantitative estimate of drug-likeness (QED) is 0.533. The number of benzene rings is 2. The molecule has 1 aliphatic rings. The Morgan fingerprint density at radius 1 is 1.03 bits per heavy atom. The molecule has 2 aromatic carbocycles. The average Bonchev–Trinajstić information content (AvgIpc) is 2.77. The van der Waals surface area contributed by atoms with E-state index in [-0.39, 0.29) is 17.9 Å². The number of hydrogen-bond donors (Lipinski definition) is 0. The van der Waals surface area contributed by atoms with E-state index in [0.29, 0.717) is 17.3 Å². The SMILES string of the molecule is COc1cc(F)c(CN2C(=O)N(c3ccc(OC)nc3)Sc3ccccc32)c(F)c1. The molecule has 0 fully saturated rings. The summed E-state index contributed by atoms with van der Waals surface area (Å²) in [6.07, 6.45) is 1.50. The van der Waals surface area contributed by atoms with E-state index in [0.717, 1.165) is 17.0 Å². The van der Waals surface area contributed by atoms with Crippen LogP contribution in [0.25, 0.3) is 0 Å². The van der Waals surface area contributed by atoms with Gasteiger partial charge in [0.05, 0.1) is 43.2 Å². The van der Waals surface area contributed by atoms with Gasteiger partial charge in [0, 0.05) is 23.8 Å². The molecule has 6 nitrogen and oxygen atoms in total. The second-order valence-corrected chi connectivity index (χ2v) is 7.34. The van der Waals surface area contributed by atoms with Crippen molar-refractivity contribution in [1.29, 1.82) is 0 Å². The van der Waals surface area contributed by atoms with Crippen LogP contribution in [-0.2, 0) is 6.54 Å². The first-order chi connectivity index (χ1) is 14.5.